The summed E-state index contributed by atoms with van der Waals surface area (Å²) >= 11 is 0. The van der Waals surface area contributed by atoms with E-state index >= 15 is 0 Å². The van der Waals surface area contributed by atoms with Gasteiger partial charge in [-0.1, -0.05) is 26.0 Å². The Hall–Kier alpha value is -2.81. The Morgan fingerprint density at radius 1 is 1.21 bits per heavy atom. The molecule has 2 amide bonds. The van der Waals surface area contributed by atoms with Gasteiger partial charge in [0.25, 0.3) is 0 Å². The van der Waals surface area contributed by atoms with Crippen molar-refractivity contribution in [3.05, 3.63) is 29.8 Å². The van der Waals surface area contributed by atoms with E-state index < -0.39 is 30.1 Å². The van der Waals surface area contributed by atoms with Gasteiger partial charge in [0, 0.05) is 13.0 Å². The van der Waals surface area contributed by atoms with Crippen LogP contribution in [0.1, 0.15) is 26.3 Å². The molecule has 0 radical (unpaired) electrons. The van der Waals surface area contributed by atoms with Crippen molar-refractivity contribution in [2.45, 2.75) is 39.3 Å². The topological polar surface area (TPSA) is 125 Å². The maximum Gasteiger partial charge on any atom is 0.336 e. The van der Waals surface area contributed by atoms with Crippen LogP contribution < -0.4 is 10.1 Å². The molecule has 3 N–H and O–H groups in total. The van der Waals surface area contributed by atoms with Crippen molar-refractivity contribution < 1.29 is 34.1 Å². The number of nitrogens with one attached hydrogen (secondary N) is 1. The monoisotopic (exact) mass is 410 g/mol. The first kappa shape index (κ1) is 24.2. The minimum Gasteiger partial charge on any atom is -0.497 e. The van der Waals surface area contributed by atoms with Crippen LogP contribution >= 0.6 is 0 Å². The van der Waals surface area contributed by atoms with Gasteiger partial charge in [-0.25, -0.2) is 14.4 Å². The summed E-state index contributed by atoms with van der Waals surface area (Å²) in [6.45, 7) is 5.37. The van der Waals surface area contributed by atoms with Crippen molar-refractivity contribution in [3.8, 4) is 5.75 Å². The van der Waals surface area contributed by atoms with Gasteiger partial charge < -0.3 is 29.9 Å². The molecule has 0 bridgehead atoms. The van der Waals surface area contributed by atoms with Crippen molar-refractivity contribution >= 4 is 18.0 Å². The number of aliphatic hydroxyl groups excluding tert-OH is 1. The van der Waals surface area contributed by atoms with Crippen LogP contribution in [0.5, 0.6) is 5.75 Å². The SMILES string of the molecule is CCOC(=O)C(O)CN(CC(C)C)C(=O)N[C@@H](Cc1cccc(OC)c1)C(=O)O. The lowest BCUT2D eigenvalue weighted by Crippen LogP contribution is -2.52. The Bertz CT molecular complexity index is 693. The number of hydrogen-bond donors (Lipinski definition) is 3. The van der Waals surface area contributed by atoms with E-state index in [0.29, 0.717) is 11.3 Å². The number of esters is 1. The highest BCUT2D eigenvalue weighted by Gasteiger charge is 2.27. The second kappa shape index (κ2) is 11.9. The summed E-state index contributed by atoms with van der Waals surface area (Å²) in [6, 6.07) is 5.02. The van der Waals surface area contributed by atoms with E-state index in [2.05, 4.69) is 5.32 Å². The summed E-state index contributed by atoms with van der Waals surface area (Å²) in [6.07, 6.45) is -1.46. The Morgan fingerprint density at radius 3 is 2.45 bits per heavy atom. The van der Waals surface area contributed by atoms with Crippen LogP contribution in [0.3, 0.4) is 0 Å². The highest BCUT2D eigenvalue weighted by molar-refractivity contribution is 5.83. The van der Waals surface area contributed by atoms with Gasteiger partial charge in [-0.3, -0.25) is 0 Å². The van der Waals surface area contributed by atoms with Crippen molar-refractivity contribution in [1.82, 2.24) is 10.2 Å². The van der Waals surface area contributed by atoms with Gasteiger partial charge in [0.2, 0.25) is 0 Å². The largest absolute Gasteiger partial charge is 0.497 e. The second-order valence-electron chi connectivity index (χ2n) is 6.96. The molecule has 1 aromatic carbocycles. The van der Waals surface area contributed by atoms with Crippen LogP contribution in [-0.2, 0) is 20.7 Å². The van der Waals surface area contributed by atoms with Crippen LogP contribution in [-0.4, -0.2) is 72.0 Å². The van der Waals surface area contributed by atoms with Gasteiger partial charge in [-0.05, 0) is 30.5 Å². The molecule has 0 aromatic heterocycles. The molecule has 29 heavy (non-hydrogen) atoms. The van der Waals surface area contributed by atoms with E-state index in [1.165, 1.54) is 12.0 Å². The predicted molar refractivity (Wildman–Crippen MR) is 106 cm³/mol. The lowest BCUT2D eigenvalue weighted by atomic mass is 10.1. The minimum atomic E-state index is -1.51. The first-order chi connectivity index (χ1) is 13.7. The number of urea groups is 1. The van der Waals surface area contributed by atoms with E-state index in [0.717, 1.165) is 0 Å². The van der Waals surface area contributed by atoms with E-state index in [1.807, 2.05) is 13.8 Å². The van der Waals surface area contributed by atoms with E-state index in [4.69, 9.17) is 9.47 Å². The number of hydrogen-bond acceptors (Lipinski definition) is 6. The van der Waals surface area contributed by atoms with Gasteiger partial charge in [0.05, 0.1) is 20.3 Å². The van der Waals surface area contributed by atoms with Crippen LogP contribution in [0, 0.1) is 5.92 Å². The molecule has 9 heteroatoms. The number of aliphatic carboxylic acids is 1. The van der Waals surface area contributed by atoms with Gasteiger partial charge in [-0.2, -0.15) is 0 Å². The molecule has 0 aliphatic rings. The zero-order chi connectivity index (χ0) is 22.0. The fraction of sp³-hybridized carbons (Fsp3) is 0.550. The van der Waals surface area contributed by atoms with Crippen LogP contribution in [0.15, 0.2) is 24.3 Å². The van der Waals surface area contributed by atoms with Gasteiger partial charge in [-0.15, -0.1) is 0 Å². The van der Waals surface area contributed by atoms with E-state index in [1.54, 1.807) is 31.2 Å². The maximum atomic E-state index is 12.7. The summed E-state index contributed by atoms with van der Waals surface area (Å²) in [5.74, 6) is -1.41. The number of methoxy groups -OCH3 is 1. The van der Waals surface area contributed by atoms with Crippen molar-refractivity contribution in [1.29, 1.82) is 0 Å². The average molecular weight is 410 g/mol. The zero-order valence-corrected chi connectivity index (χ0v) is 17.3. The summed E-state index contributed by atoms with van der Waals surface area (Å²) in [7, 11) is 1.51. The van der Waals surface area contributed by atoms with Crippen molar-refractivity contribution in [2.75, 3.05) is 26.8 Å². The molecule has 1 rings (SSSR count). The Labute approximate surface area is 170 Å². The highest BCUT2D eigenvalue weighted by atomic mass is 16.5. The first-order valence-electron chi connectivity index (χ1n) is 9.43. The molecule has 9 nitrogen and oxygen atoms in total. The Morgan fingerprint density at radius 2 is 1.90 bits per heavy atom. The van der Waals surface area contributed by atoms with Crippen LogP contribution in [0.2, 0.25) is 0 Å². The first-order valence-corrected chi connectivity index (χ1v) is 9.43. The fourth-order valence-corrected chi connectivity index (χ4v) is 2.68. The van der Waals surface area contributed by atoms with Crippen molar-refractivity contribution in [2.24, 2.45) is 5.92 Å². The summed E-state index contributed by atoms with van der Waals surface area (Å²) in [5.41, 5.74) is 0.680. The zero-order valence-electron chi connectivity index (χ0n) is 17.3. The number of carbonyl (C=O) groups excluding carboxylic acids is 2. The summed E-state index contributed by atoms with van der Waals surface area (Å²) in [5, 5.41) is 22.0. The minimum absolute atomic E-state index is 0.0387. The third-order valence-corrected chi connectivity index (χ3v) is 3.99. The number of aliphatic hydroxyl groups is 1. The molecule has 2 atom stereocenters. The third kappa shape index (κ3) is 8.39. The molecule has 162 valence electrons. The van der Waals surface area contributed by atoms with Gasteiger partial charge in [0.15, 0.2) is 6.10 Å². The number of ether oxygens (including phenoxy) is 2. The summed E-state index contributed by atoms with van der Waals surface area (Å²) < 4.78 is 9.89. The number of benzene rings is 1. The average Bonchev–Trinajstić information content (AvgIpc) is 2.66. The van der Waals surface area contributed by atoms with Crippen molar-refractivity contribution in [3.63, 3.8) is 0 Å². The second-order valence-corrected chi connectivity index (χ2v) is 6.96. The molecule has 0 aliphatic carbocycles. The molecular weight excluding hydrogens is 380 g/mol. The summed E-state index contributed by atoms with van der Waals surface area (Å²) in [4.78, 5) is 37.3. The molecule has 1 aromatic rings. The molecule has 0 aliphatic heterocycles. The normalized spacial score (nSPS) is 12.8. The van der Waals surface area contributed by atoms with Gasteiger partial charge >= 0.3 is 18.0 Å². The number of carboxylic acid groups (broad SMARTS) is 1. The molecule has 0 saturated heterocycles. The molecule has 0 saturated carbocycles. The smallest absolute Gasteiger partial charge is 0.336 e. The lowest BCUT2D eigenvalue weighted by molar-refractivity contribution is -0.153. The molecule has 0 heterocycles. The quantitative estimate of drug-likeness (QED) is 0.469. The van der Waals surface area contributed by atoms with Gasteiger partial charge in [0.1, 0.15) is 11.8 Å². The number of carboxylic acids is 1. The maximum absolute atomic E-state index is 12.7. The molecule has 1 unspecified atom stereocenters. The lowest BCUT2D eigenvalue weighted by Gasteiger charge is -2.28. The third-order valence-electron chi connectivity index (χ3n) is 3.99. The highest BCUT2D eigenvalue weighted by Crippen LogP contribution is 2.14. The van der Waals surface area contributed by atoms with Crippen LogP contribution in [0.4, 0.5) is 4.79 Å². The number of rotatable bonds is 11. The number of nitrogens with zero attached hydrogens (tertiary/aromatic N) is 1. The molecule has 0 fully saturated rings. The molecule has 0 spiro atoms. The van der Waals surface area contributed by atoms with Crippen LogP contribution in [0.25, 0.3) is 0 Å². The Balaban J connectivity index is 2.89. The number of carbonyl (C=O) groups is 3. The predicted octanol–water partition coefficient (Wildman–Crippen LogP) is 1.28. The van der Waals surface area contributed by atoms with E-state index in [9.17, 15) is 24.6 Å². The van der Waals surface area contributed by atoms with E-state index in [-0.39, 0.29) is 32.0 Å². The fourth-order valence-electron chi connectivity index (χ4n) is 2.68. The number of amides is 2. The standard InChI is InChI=1S/C20H30N2O7/c1-5-29-19(26)17(23)12-22(11-13(2)3)20(27)21-16(18(24)25)10-14-7-6-8-15(9-14)28-4/h6-9,13,16-17,23H,5,10-12H2,1-4H3,(H,21,27)(H,24,25)/t16-,17?/m0/s1. The Kier molecular flexibility index (Phi) is 9.94. The molecular formula is C20H30N2O7.